The van der Waals surface area contributed by atoms with Crippen molar-refractivity contribution in [2.24, 2.45) is 5.73 Å². The molecule has 0 saturated carbocycles. The average molecular weight is 268 g/mol. The Bertz CT molecular complexity index is 542. The molecule has 1 aliphatic heterocycles. The van der Waals surface area contributed by atoms with E-state index < -0.39 is 9.84 Å². The van der Waals surface area contributed by atoms with Gasteiger partial charge in [-0.1, -0.05) is 25.1 Å². The Morgan fingerprint density at radius 3 is 2.67 bits per heavy atom. The number of hydrogen-bond donors (Lipinski definition) is 1. The Balaban J connectivity index is 2.67. The molecule has 0 aromatic heterocycles. The number of hydrogen-bond acceptors (Lipinski definition) is 4. The Labute approximate surface area is 109 Å². The molecule has 1 atom stereocenters. The molecule has 100 valence electrons. The number of benzene rings is 1. The van der Waals surface area contributed by atoms with Gasteiger partial charge in [-0.2, -0.15) is 0 Å². The number of rotatable bonds is 3. The highest BCUT2D eigenvalue weighted by atomic mass is 32.2. The summed E-state index contributed by atoms with van der Waals surface area (Å²) in [5, 5.41) is 0. The number of nitrogens with two attached hydrogens (primary N) is 1. The molecule has 0 spiro atoms. The van der Waals surface area contributed by atoms with E-state index in [1.807, 2.05) is 19.2 Å². The molecule has 0 radical (unpaired) electrons. The zero-order valence-electron chi connectivity index (χ0n) is 10.9. The van der Waals surface area contributed by atoms with Gasteiger partial charge in [0.2, 0.25) is 0 Å². The van der Waals surface area contributed by atoms with Gasteiger partial charge in [-0.3, -0.25) is 4.90 Å². The summed E-state index contributed by atoms with van der Waals surface area (Å²) >= 11 is 0. The Kier molecular flexibility index (Phi) is 3.49. The average Bonchev–Trinajstić information content (AvgIpc) is 2.39. The lowest BCUT2D eigenvalue weighted by Crippen LogP contribution is -2.52. The second kappa shape index (κ2) is 4.64. The molecule has 1 aliphatic rings. The SMILES string of the molecule is CCN(C)C1(CN)CCS(=O)(=O)c2ccccc21. The monoisotopic (exact) mass is 268 g/mol. The van der Waals surface area contributed by atoms with E-state index in [2.05, 4.69) is 11.8 Å². The van der Waals surface area contributed by atoms with Crippen molar-refractivity contribution in [3.05, 3.63) is 29.8 Å². The maximum atomic E-state index is 12.1. The summed E-state index contributed by atoms with van der Waals surface area (Å²) in [6.45, 7) is 3.33. The molecule has 0 saturated heterocycles. The molecule has 1 aromatic rings. The zero-order chi connectivity index (χ0) is 13.4. The van der Waals surface area contributed by atoms with Gasteiger partial charge in [-0.25, -0.2) is 8.42 Å². The second-order valence-corrected chi connectivity index (χ2v) is 6.89. The molecular formula is C13H20N2O2S. The fourth-order valence-corrected chi connectivity index (χ4v) is 4.44. The lowest BCUT2D eigenvalue weighted by molar-refractivity contribution is 0.121. The van der Waals surface area contributed by atoms with Crippen LogP contribution < -0.4 is 5.73 Å². The van der Waals surface area contributed by atoms with Crippen LogP contribution >= 0.6 is 0 Å². The summed E-state index contributed by atoms with van der Waals surface area (Å²) in [6.07, 6.45) is 0.563. The van der Waals surface area contributed by atoms with E-state index in [0.29, 0.717) is 17.9 Å². The van der Waals surface area contributed by atoms with Crippen LogP contribution in [0.3, 0.4) is 0 Å². The summed E-state index contributed by atoms with van der Waals surface area (Å²) < 4.78 is 24.3. The van der Waals surface area contributed by atoms with Gasteiger partial charge >= 0.3 is 0 Å². The summed E-state index contributed by atoms with van der Waals surface area (Å²) in [7, 11) is -1.15. The largest absolute Gasteiger partial charge is 0.328 e. The first-order chi connectivity index (χ1) is 8.48. The molecule has 4 nitrogen and oxygen atoms in total. The van der Waals surface area contributed by atoms with E-state index in [9.17, 15) is 8.42 Å². The van der Waals surface area contributed by atoms with Crippen molar-refractivity contribution in [1.82, 2.24) is 4.90 Å². The molecule has 1 heterocycles. The standard InChI is InChI=1S/C13H20N2O2S/c1-3-15(2)13(10-14)8-9-18(16,17)12-7-5-4-6-11(12)13/h4-7H,3,8-10,14H2,1-2H3. The third kappa shape index (κ3) is 1.86. The molecule has 0 aliphatic carbocycles. The second-order valence-electron chi connectivity index (χ2n) is 4.81. The molecular weight excluding hydrogens is 248 g/mol. The van der Waals surface area contributed by atoms with Crippen LogP contribution in [0, 0.1) is 0 Å². The molecule has 1 unspecified atom stereocenters. The molecule has 1 aromatic carbocycles. The minimum atomic E-state index is -3.15. The Hall–Kier alpha value is -0.910. The van der Waals surface area contributed by atoms with Gasteiger partial charge in [-0.15, -0.1) is 0 Å². The number of fused-ring (bicyclic) bond motifs is 1. The lowest BCUT2D eigenvalue weighted by atomic mass is 9.85. The van der Waals surface area contributed by atoms with E-state index in [1.54, 1.807) is 12.1 Å². The summed E-state index contributed by atoms with van der Waals surface area (Å²) in [5.74, 6) is 0.172. The molecule has 0 amide bonds. The Morgan fingerprint density at radius 1 is 1.39 bits per heavy atom. The van der Waals surface area contributed by atoms with Gasteiger partial charge in [0.05, 0.1) is 16.2 Å². The van der Waals surface area contributed by atoms with Crippen LogP contribution in [0.25, 0.3) is 0 Å². The van der Waals surface area contributed by atoms with Crippen molar-refractivity contribution in [2.75, 3.05) is 25.9 Å². The van der Waals surface area contributed by atoms with Crippen LogP contribution in [-0.4, -0.2) is 39.2 Å². The fraction of sp³-hybridized carbons (Fsp3) is 0.538. The maximum Gasteiger partial charge on any atom is 0.178 e. The predicted molar refractivity (Wildman–Crippen MR) is 72.1 cm³/mol. The summed E-state index contributed by atoms with van der Waals surface area (Å²) in [6, 6.07) is 7.24. The number of sulfone groups is 1. The minimum Gasteiger partial charge on any atom is -0.328 e. The molecule has 0 fully saturated rings. The highest BCUT2D eigenvalue weighted by Crippen LogP contribution is 2.39. The number of nitrogens with zero attached hydrogens (tertiary/aromatic N) is 1. The quantitative estimate of drug-likeness (QED) is 0.887. The van der Waals surface area contributed by atoms with E-state index >= 15 is 0 Å². The Morgan fingerprint density at radius 2 is 2.06 bits per heavy atom. The van der Waals surface area contributed by atoms with Gasteiger partial charge in [0.1, 0.15) is 0 Å². The van der Waals surface area contributed by atoms with E-state index in [1.165, 1.54) is 0 Å². The predicted octanol–water partition coefficient (Wildman–Crippen LogP) is 0.970. The van der Waals surface area contributed by atoms with Crippen LogP contribution in [0.2, 0.25) is 0 Å². The topological polar surface area (TPSA) is 63.4 Å². The molecule has 18 heavy (non-hydrogen) atoms. The van der Waals surface area contributed by atoms with Gasteiger partial charge in [-0.05, 0) is 31.6 Å². The first-order valence-electron chi connectivity index (χ1n) is 6.21. The molecule has 5 heteroatoms. The van der Waals surface area contributed by atoms with Crippen LogP contribution in [0.1, 0.15) is 18.9 Å². The van der Waals surface area contributed by atoms with Crippen molar-refractivity contribution < 1.29 is 8.42 Å². The summed E-state index contributed by atoms with van der Waals surface area (Å²) in [4.78, 5) is 2.60. The van der Waals surface area contributed by atoms with Crippen LogP contribution in [0.4, 0.5) is 0 Å². The van der Waals surface area contributed by atoms with Crippen molar-refractivity contribution >= 4 is 9.84 Å². The maximum absolute atomic E-state index is 12.1. The first-order valence-corrected chi connectivity index (χ1v) is 7.87. The van der Waals surface area contributed by atoms with Gasteiger partial charge in [0.15, 0.2) is 9.84 Å². The van der Waals surface area contributed by atoms with Gasteiger partial charge in [0.25, 0.3) is 0 Å². The first kappa shape index (κ1) is 13.5. The van der Waals surface area contributed by atoms with Crippen molar-refractivity contribution in [1.29, 1.82) is 0 Å². The van der Waals surface area contributed by atoms with Crippen LogP contribution in [0.15, 0.2) is 29.2 Å². The van der Waals surface area contributed by atoms with E-state index in [-0.39, 0.29) is 11.3 Å². The third-order valence-electron chi connectivity index (χ3n) is 4.05. The van der Waals surface area contributed by atoms with E-state index in [4.69, 9.17) is 5.73 Å². The lowest BCUT2D eigenvalue weighted by Gasteiger charge is -2.44. The molecule has 2 N–H and O–H groups in total. The van der Waals surface area contributed by atoms with Crippen LogP contribution in [-0.2, 0) is 15.4 Å². The van der Waals surface area contributed by atoms with Crippen LogP contribution in [0.5, 0.6) is 0 Å². The normalized spacial score (nSPS) is 26.0. The minimum absolute atomic E-state index is 0.172. The van der Waals surface area contributed by atoms with Gasteiger partial charge in [0, 0.05) is 6.54 Å². The molecule has 0 bridgehead atoms. The summed E-state index contributed by atoms with van der Waals surface area (Å²) in [5.41, 5.74) is 6.48. The van der Waals surface area contributed by atoms with Crippen molar-refractivity contribution in [3.8, 4) is 0 Å². The highest BCUT2D eigenvalue weighted by molar-refractivity contribution is 7.91. The fourth-order valence-electron chi connectivity index (χ4n) is 2.74. The zero-order valence-corrected chi connectivity index (χ0v) is 11.7. The smallest absolute Gasteiger partial charge is 0.178 e. The number of likely N-dealkylation sites (N-methyl/N-ethyl adjacent to an activating group) is 1. The third-order valence-corrected chi connectivity index (χ3v) is 5.82. The van der Waals surface area contributed by atoms with Gasteiger partial charge < -0.3 is 5.73 Å². The highest BCUT2D eigenvalue weighted by Gasteiger charge is 2.43. The van der Waals surface area contributed by atoms with Crippen molar-refractivity contribution in [2.45, 2.75) is 23.8 Å². The van der Waals surface area contributed by atoms with E-state index in [0.717, 1.165) is 12.1 Å². The molecule has 2 rings (SSSR count). The van der Waals surface area contributed by atoms with Crippen molar-refractivity contribution in [3.63, 3.8) is 0 Å².